The number of amides is 1. The van der Waals surface area contributed by atoms with E-state index in [1.807, 2.05) is 26.0 Å². The Morgan fingerprint density at radius 3 is 2.28 bits per heavy atom. The van der Waals surface area contributed by atoms with Crippen molar-refractivity contribution in [3.05, 3.63) is 29.3 Å². The molecule has 4 nitrogen and oxygen atoms in total. The van der Waals surface area contributed by atoms with E-state index in [1.165, 1.54) is 0 Å². The summed E-state index contributed by atoms with van der Waals surface area (Å²) in [7, 11) is 0. The lowest BCUT2D eigenvalue weighted by molar-refractivity contribution is -0.161. The number of nitrogens with one attached hydrogen (secondary N) is 1. The number of benzene rings is 1. The summed E-state index contributed by atoms with van der Waals surface area (Å²) in [5.74, 6) is -1.63. The summed E-state index contributed by atoms with van der Waals surface area (Å²) in [6.45, 7) is 8.99. The molecule has 0 aromatic heterocycles. The Bertz CT molecular complexity index is 472. The molecule has 0 saturated heterocycles. The highest BCUT2D eigenvalue weighted by Crippen LogP contribution is 2.16. The first-order valence-corrected chi connectivity index (χ1v) is 5.80. The lowest BCUT2D eigenvalue weighted by atomic mass is 10.1. The van der Waals surface area contributed by atoms with Gasteiger partial charge in [-0.1, -0.05) is 17.7 Å². The molecule has 1 aromatic carbocycles. The van der Waals surface area contributed by atoms with Gasteiger partial charge in [-0.25, -0.2) is 4.79 Å². The van der Waals surface area contributed by atoms with Crippen molar-refractivity contribution in [3.8, 4) is 0 Å². The van der Waals surface area contributed by atoms with Crippen LogP contribution in [0.15, 0.2) is 18.2 Å². The van der Waals surface area contributed by atoms with E-state index in [-0.39, 0.29) is 0 Å². The number of hydrogen-bond acceptors (Lipinski definition) is 3. The zero-order valence-corrected chi connectivity index (χ0v) is 11.5. The highest BCUT2D eigenvalue weighted by Gasteiger charge is 2.23. The number of aryl methyl sites for hydroxylation is 2. The third-order valence-electron chi connectivity index (χ3n) is 2.21. The summed E-state index contributed by atoms with van der Waals surface area (Å²) in [4.78, 5) is 23.1. The molecular weight excluding hydrogens is 230 g/mol. The maximum Gasteiger partial charge on any atom is 0.397 e. The van der Waals surface area contributed by atoms with E-state index in [1.54, 1.807) is 26.8 Å². The molecule has 1 N–H and O–H groups in total. The van der Waals surface area contributed by atoms with Crippen LogP contribution in [0.25, 0.3) is 0 Å². The van der Waals surface area contributed by atoms with Gasteiger partial charge in [-0.15, -0.1) is 0 Å². The van der Waals surface area contributed by atoms with Crippen LogP contribution < -0.4 is 5.32 Å². The number of rotatable bonds is 1. The van der Waals surface area contributed by atoms with Crippen LogP contribution in [0.3, 0.4) is 0 Å². The molecule has 0 radical (unpaired) electrons. The first kappa shape index (κ1) is 14.2. The van der Waals surface area contributed by atoms with E-state index < -0.39 is 17.5 Å². The topological polar surface area (TPSA) is 55.4 Å². The minimum atomic E-state index is -0.873. The van der Waals surface area contributed by atoms with Crippen molar-refractivity contribution in [1.82, 2.24) is 0 Å². The van der Waals surface area contributed by atoms with Crippen molar-refractivity contribution in [3.63, 3.8) is 0 Å². The first-order valence-electron chi connectivity index (χ1n) is 5.80. The van der Waals surface area contributed by atoms with E-state index in [2.05, 4.69) is 5.32 Å². The zero-order valence-electron chi connectivity index (χ0n) is 11.5. The van der Waals surface area contributed by atoms with E-state index in [0.717, 1.165) is 11.1 Å². The van der Waals surface area contributed by atoms with Gasteiger partial charge in [-0.05, 0) is 46.2 Å². The van der Waals surface area contributed by atoms with Gasteiger partial charge in [-0.2, -0.15) is 0 Å². The monoisotopic (exact) mass is 249 g/mol. The molecule has 1 aromatic rings. The molecule has 4 heteroatoms. The van der Waals surface area contributed by atoms with Crippen molar-refractivity contribution in [2.45, 2.75) is 40.2 Å². The fourth-order valence-corrected chi connectivity index (χ4v) is 1.45. The molecule has 18 heavy (non-hydrogen) atoms. The van der Waals surface area contributed by atoms with E-state index in [9.17, 15) is 9.59 Å². The fraction of sp³-hybridized carbons (Fsp3) is 0.429. The van der Waals surface area contributed by atoms with Crippen LogP contribution in [0.4, 0.5) is 5.69 Å². The van der Waals surface area contributed by atoms with E-state index >= 15 is 0 Å². The Morgan fingerprint density at radius 2 is 1.78 bits per heavy atom. The second-order valence-corrected chi connectivity index (χ2v) is 5.27. The smallest absolute Gasteiger partial charge is 0.397 e. The summed E-state index contributed by atoms with van der Waals surface area (Å²) in [5.41, 5.74) is 1.96. The molecule has 0 unspecified atom stereocenters. The largest absolute Gasteiger partial charge is 0.453 e. The Morgan fingerprint density at radius 1 is 1.17 bits per heavy atom. The minimum Gasteiger partial charge on any atom is -0.453 e. The number of esters is 1. The van der Waals surface area contributed by atoms with Crippen LogP contribution in [-0.4, -0.2) is 17.5 Å². The summed E-state index contributed by atoms with van der Waals surface area (Å²) < 4.78 is 4.98. The molecule has 0 bridgehead atoms. The Labute approximate surface area is 107 Å². The number of carbonyl (C=O) groups excluding carboxylic acids is 2. The van der Waals surface area contributed by atoms with Crippen molar-refractivity contribution >= 4 is 17.6 Å². The molecule has 0 spiro atoms. The number of ether oxygens (including phenoxy) is 1. The highest BCUT2D eigenvalue weighted by molar-refractivity contribution is 6.37. The van der Waals surface area contributed by atoms with E-state index in [0.29, 0.717) is 5.69 Å². The molecule has 1 rings (SSSR count). The Hall–Kier alpha value is -1.84. The highest BCUT2D eigenvalue weighted by atomic mass is 16.6. The van der Waals surface area contributed by atoms with Crippen LogP contribution >= 0.6 is 0 Å². The van der Waals surface area contributed by atoms with Gasteiger partial charge in [0.15, 0.2) is 0 Å². The molecule has 0 fully saturated rings. The first-order chi connectivity index (χ1) is 8.19. The molecular formula is C14H19NO3. The Kier molecular flexibility index (Phi) is 4.11. The quantitative estimate of drug-likeness (QED) is 0.614. The maximum atomic E-state index is 11.6. The molecule has 98 valence electrons. The van der Waals surface area contributed by atoms with Gasteiger partial charge in [0.25, 0.3) is 0 Å². The average Bonchev–Trinajstić information content (AvgIpc) is 2.19. The van der Waals surface area contributed by atoms with Crippen molar-refractivity contribution in [1.29, 1.82) is 0 Å². The fourth-order valence-electron chi connectivity index (χ4n) is 1.45. The lowest BCUT2D eigenvalue weighted by Gasteiger charge is -2.19. The van der Waals surface area contributed by atoms with Crippen LogP contribution in [0.5, 0.6) is 0 Å². The second kappa shape index (κ2) is 5.21. The van der Waals surface area contributed by atoms with Gasteiger partial charge < -0.3 is 10.1 Å². The summed E-state index contributed by atoms with van der Waals surface area (Å²) >= 11 is 0. The predicted octanol–water partition coefficient (Wildman–Crippen LogP) is 2.58. The standard InChI is InChI=1S/C14H19NO3/c1-9-6-7-11(10(2)8-9)15-12(16)13(17)18-14(3,4)5/h6-8H,1-5H3,(H,15,16). The third kappa shape index (κ3) is 4.20. The van der Waals surface area contributed by atoms with Crippen molar-refractivity contribution < 1.29 is 14.3 Å². The maximum absolute atomic E-state index is 11.6. The van der Waals surface area contributed by atoms with Crippen LogP contribution in [0.2, 0.25) is 0 Å². The van der Waals surface area contributed by atoms with Crippen molar-refractivity contribution in [2.75, 3.05) is 5.32 Å². The number of anilines is 1. The van der Waals surface area contributed by atoms with Gasteiger partial charge in [0, 0.05) is 5.69 Å². The van der Waals surface area contributed by atoms with Crippen LogP contribution in [-0.2, 0) is 14.3 Å². The van der Waals surface area contributed by atoms with Gasteiger partial charge in [-0.3, -0.25) is 4.79 Å². The average molecular weight is 249 g/mol. The summed E-state index contributed by atoms with van der Waals surface area (Å²) in [6, 6.07) is 5.58. The third-order valence-corrected chi connectivity index (χ3v) is 2.21. The molecule has 1 amide bonds. The number of hydrogen-bond donors (Lipinski definition) is 1. The molecule has 0 aliphatic rings. The van der Waals surface area contributed by atoms with E-state index in [4.69, 9.17) is 4.74 Å². The normalized spacial score (nSPS) is 10.9. The predicted molar refractivity (Wildman–Crippen MR) is 70.4 cm³/mol. The molecule has 0 aliphatic heterocycles. The molecule has 0 heterocycles. The molecule has 0 saturated carbocycles. The van der Waals surface area contributed by atoms with Gasteiger partial charge in [0.05, 0.1) is 0 Å². The van der Waals surface area contributed by atoms with Crippen LogP contribution in [0.1, 0.15) is 31.9 Å². The van der Waals surface area contributed by atoms with Gasteiger partial charge in [0.1, 0.15) is 5.60 Å². The SMILES string of the molecule is Cc1ccc(NC(=O)C(=O)OC(C)(C)C)c(C)c1. The zero-order chi connectivity index (χ0) is 13.9. The molecule has 0 atom stereocenters. The summed E-state index contributed by atoms with van der Waals surface area (Å²) in [6.07, 6.45) is 0. The van der Waals surface area contributed by atoms with Crippen LogP contribution in [0, 0.1) is 13.8 Å². The minimum absolute atomic E-state index is 0.622. The number of carbonyl (C=O) groups is 2. The van der Waals surface area contributed by atoms with Gasteiger partial charge >= 0.3 is 11.9 Å². The lowest BCUT2D eigenvalue weighted by Crippen LogP contribution is -2.32. The Balaban J connectivity index is 2.73. The molecule has 0 aliphatic carbocycles. The van der Waals surface area contributed by atoms with Gasteiger partial charge in [0.2, 0.25) is 0 Å². The second-order valence-electron chi connectivity index (χ2n) is 5.27. The van der Waals surface area contributed by atoms with Crippen molar-refractivity contribution in [2.24, 2.45) is 0 Å². The summed E-state index contributed by atoms with van der Waals surface area (Å²) in [5, 5.41) is 2.55.